The van der Waals surface area contributed by atoms with Gasteiger partial charge in [-0.25, -0.2) is 4.98 Å². The van der Waals surface area contributed by atoms with Crippen molar-refractivity contribution in [3.63, 3.8) is 0 Å². The van der Waals surface area contributed by atoms with Gasteiger partial charge in [-0.15, -0.1) is 0 Å². The maximum atomic E-state index is 11.2. The standard InChI is InChI=1S/C9H11N5O2/c1-3(2)4-5-6(14-9(10)12-4)13-8(16)7(15)11-5/h3H,1-2H3,(H,11,15)(H3,10,12,13,14,16). The number of nitrogens with two attached hydrogens (primary N) is 1. The van der Waals surface area contributed by atoms with Crippen molar-refractivity contribution in [2.75, 3.05) is 5.73 Å². The summed E-state index contributed by atoms with van der Waals surface area (Å²) >= 11 is 0. The molecule has 0 aliphatic heterocycles. The first-order chi connectivity index (χ1) is 7.49. The van der Waals surface area contributed by atoms with E-state index < -0.39 is 11.1 Å². The van der Waals surface area contributed by atoms with Crippen molar-refractivity contribution in [1.82, 2.24) is 19.9 Å². The van der Waals surface area contributed by atoms with Gasteiger partial charge in [-0.2, -0.15) is 4.98 Å². The fourth-order valence-corrected chi connectivity index (χ4v) is 1.46. The molecule has 0 aliphatic carbocycles. The first kappa shape index (κ1) is 10.3. The lowest BCUT2D eigenvalue weighted by molar-refractivity contribution is 0.824. The molecule has 0 atom stereocenters. The van der Waals surface area contributed by atoms with E-state index in [4.69, 9.17) is 5.73 Å². The number of hydrogen-bond donors (Lipinski definition) is 3. The number of hydrogen-bond acceptors (Lipinski definition) is 5. The normalized spacial score (nSPS) is 11.2. The van der Waals surface area contributed by atoms with Crippen molar-refractivity contribution in [2.45, 2.75) is 19.8 Å². The molecule has 7 heteroatoms. The number of nitrogens with zero attached hydrogens (tertiary/aromatic N) is 2. The second-order valence-corrected chi connectivity index (χ2v) is 3.75. The minimum absolute atomic E-state index is 0.0642. The molecule has 0 aromatic carbocycles. The molecule has 0 saturated carbocycles. The smallest absolute Gasteiger partial charge is 0.315 e. The van der Waals surface area contributed by atoms with E-state index in [1.807, 2.05) is 13.8 Å². The molecule has 0 bridgehead atoms. The number of nitrogen functional groups attached to an aromatic ring is 1. The van der Waals surface area contributed by atoms with Gasteiger partial charge in [0.25, 0.3) is 0 Å². The Morgan fingerprint density at radius 3 is 2.38 bits per heavy atom. The summed E-state index contributed by atoms with van der Waals surface area (Å²) in [7, 11) is 0. The van der Waals surface area contributed by atoms with Crippen LogP contribution in [0, 0.1) is 0 Å². The Hall–Kier alpha value is -2.18. The number of aromatic nitrogens is 4. The molecule has 2 aromatic rings. The summed E-state index contributed by atoms with van der Waals surface area (Å²) in [5.41, 5.74) is 5.33. The SMILES string of the molecule is CC(C)c1nc(N)nc2[nH]c(=O)c(=O)[nH]c12. The average molecular weight is 221 g/mol. The van der Waals surface area contributed by atoms with Crippen LogP contribution in [0.5, 0.6) is 0 Å². The Labute approximate surface area is 89.7 Å². The van der Waals surface area contributed by atoms with Crippen molar-refractivity contribution in [3.05, 3.63) is 26.4 Å². The van der Waals surface area contributed by atoms with Gasteiger partial charge in [-0.3, -0.25) is 9.59 Å². The molecule has 0 spiro atoms. The van der Waals surface area contributed by atoms with Crippen molar-refractivity contribution >= 4 is 17.1 Å². The van der Waals surface area contributed by atoms with E-state index in [2.05, 4.69) is 19.9 Å². The van der Waals surface area contributed by atoms with Crippen LogP contribution in [0.1, 0.15) is 25.5 Å². The summed E-state index contributed by atoms with van der Waals surface area (Å²) in [5, 5.41) is 0. The van der Waals surface area contributed by atoms with E-state index in [1.165, 1.54) is 0 Å². The molecule has 0 amide bonds. The number of aromatic amines is 2. The van der Waals surface area contributed by atoms with Gasteiger partial charge in [0.1, 0.15) is 5.52 Å². The summed E-state index contributed by atoms with van der Waals surface area (Å²) in [4.78, 5) is 35.1. The van der Waals surface area contributed by atoms with Gasteiger partial charge in [0.05, 0.1) is 5.69 Å². The number of rotatable bonds is 1. The third-order valence-electron chi connectivity index (χ3n) is 2.18. The molecule has 7 nitrogen and oxygen atoms in total. The summed E-state index contributed by atoms with van der Waals surface area (Å²) in [6.45, 7) is 3.81. The van der Waals surface area contributed by atoms with Crippen LogP contribution < -0.4 is 16.9 Å². The first-order valence-electron chi connectivity index (χ1n) is 4.78. The molecule has 0 aliphatic rings. The van der Waals surface area contributed by atoms with Crippen molar-refractivity contribution < 1.29 is 0 Å². The summed E-state index contributed by atoms with van der Waals surface area (Å²) in [6, 6.07) is 0. The Kier molecular flexibility index (Phi) is 2.22. The topological polar surface area (TPSA) is 118 Å². The second kappa shape index (κ2) is 3.44. The minimum atomic E-state index is -0.750. The lowest BCUT2D eigenvalue weighted by Crippen LogP contribution is -2.30. The van der Waals surface area contributed by atoms with E-state index in [0.717, 1.165) is 0 Å². The van der Waals surface area contributed by atoms with Crippen LogP contribution in [0.4, 0.5) is 5.95 Å². The third kappa shape index (κ3) is 1.56. The van der Waals surface area contributed by atoms with Crippen LogP contribution in [0.25, 0.3) is 11.2 Å². The van der Waals surface area contributed by atoms with Gasteiger partial charge in [0.15, 0.2) is 5.65 Å². The molecular formula is C9H11N5O2. The molecule has 0 unspecified atom stereocenters. The highest BCUT2D eigenvalue weighted by atomic mass is 16.2. The monoisotopic (exact) mass is 221 g/mol. The van der Waals surface area contributed by atoms with Gasteiger partial charge >= 0.3 is 11.1 Å². The zero-order valence-electron chi connectivity index (χ0n) is 8.87. The maximum absolute atomic E-state index is 11.2. The quantitative estimate of drug-likeness (QED) is 0.572. The largest absolute Gasteiger partial charge is 0.368 e. The van der Waals surface area contributed by atoms with Crippen LogP contribution in [-0.2, 0) is 0 Å². The molecule has 16 heavy (non-hydrogen) atoms. The maximum Gasteiger partial charge on any atom is 0.315 e. The van der Waals surface area contributed by atoms with E-state index >= 15 is 0 Å². The molecular weight excluding hydrogens is 210 g/mol. The summed E-state index contributed by atoms with van der Waals surface area (Å²) in [6.07, 6.45) is 0. The summed E-state index contributed by atoms with van der Waals surface area (Å²) < 4.78 is 0. The van der Waals surface area contributed by atoms with Crippen LogP contribution in [0.2, 0.25) is 0 Å². The lowest BCUT2D eigenvalue weighted by Gasteiger charge is -2.08. The number of nitrogens with one attached hydrogen (secondary N) is 2. The van der Waals surface area contributed by atoms with Crippen LogP contribution in [0.15, 0.2) is 9.59 Å². The molecule has 84 valence electrons. The average Bonchev–Trinajstić information content (AvgIpc) is 2.19. The van der Waals surface area contributed by atoms with Gasteiger partial charge in [0.2, 0.25) is 5.95 Å². The molecule has 0 fully saturated rings. The van der Waals surface area contributed by atoms with Gasteiger partial charge < -0.3 is 15.7 Å². The van der Waals surface area contributed by atoms with Crippen LogP contribution >= 0.6 is 0 Å². The van der Waals surface area contributed by atoms with E-state index in [-0.39, 0.29) is 17.5 Å². The predicted octanol–water partition coefficient (Wildman–Crippen LogP) is -0.288. The molecule has 0 saturated heterocycles. The zero-order valence-corrected chi connectivity index (χ0v) is 8.87. The third-order valence-corrected chi connectivity index (χ3v) is 2.18. The van der Waals surface area contributed by atoms with Crippen molar-refractivity contribution in [3.8, 4) is 0 Å². The number of anilines is 1. The van der Waals surface area contributed by atoms with Crippen LogP contribution in [0.3, 0.4) is 0 Å². The second-order valence-electron chi connectivity index (χ2n) is 3.75. The minimum Gasteiger partial charge on any atom is -0.368 e. The zero-order chi connectivity index (χ0) is 11.9. The fourth-order valence-electron chi connectivity index (χ4n) is 1.46. The van der Waals surface area contributed by atoms with Crippen molar-refractivity contribution in [2.24, 2.45) is 0 Å². The molecule has 2 aromatic heterocycles. The molecule has 4 N–H and O–H groups in total. The van der Waals surface area contributed by atoms with E-state index in [9.17, 15) is 9.59 Å². The van der Waals surface area contributed by atoms with E-state index in [1.54, 1.807) is 0 Å². The highest BCUT2D eigenvalue weighted by Gasteiger charge is 2.12. The van der Waals surface area contributed by atoms with Gasteiger partial charge in [0, 0.05) is 0 Å². The Bertz CT molecular complexity index is 655. The Balaban J connectivity index is 2.96. The van der Waals surface area contributed by atoms with Crippen LogP contribution in [-0.4, -0.2) is 19.9 Å². The number of H-pyrrole nitrogens is 2. The summed E-state index contributed by atoms with van der Waals surface area (Å²) in [5.74, 6) is 0.133. The molecule has 2 heterocycles. The van der Waals surface area contributed by atoms with Gasteiger partial charge in [-0.05, 0) is 5.92 Å². The highest BCUT2D eigenvalue weighted by molar-refractivity contribution is 5.73. The highest BCUT2D eigenvalue weighted by Crippen LogP contribution is 2.18. The Morgan fingerprint density at radius 1 is 1.12 bits per heavy atom. The Morgan fingerprint density at radius 2 is 1.75 bits per heavy atom. The molecule has 0 radical (unpaired) electrons. The first-order valence-corrected chi connectivity index (χ1v) is 4.78. The van der Waals surface area contributed by atoms with E-state index in [0.29, 0.717) is 11.2 Å². The predicted molar refractivity (Wildman–Crippen MR) is 59.3 cm³/mol. The number of fused-ring (bicyclic) bond motifs is 1. The lowest BCUT2D eigenvalue weighted by atomic mass is 10.1. The fraction of sp³-hybridized carbons (Fsp3) is 0.333. The van der Waals surface area contributed by atoms with Gasteiger partial charge in [-0.1, -0.05) is 13.8 Å². The van der Waals surface area contributed by atoms with Crippen molar-refractivity contribution in [1.29, 1.82) is 0 Å². The molecule has 2 rings (SSSR count).